The molecule has 0 aromatic carbocycles. The molecule has 0 bridgehead atoms. The topological polar surface area (TPSA) is 95.2 Å². The summed E-state index contributed by atoms with van der Waals surface area (Å²) in [6, 6.07) is 8.00. The third-order valence-electron chi connectivity index (χ3n) is 4.94. The minimum absolute atomic E-state index is 0.236. The van der Waals surface area contributed by atoms with Crippen molar-refractivity contribution in [2.24, 2.45) is 0 Å². The Balaban J connectivity index is 1.45. The summed E-state index contributed by atoms with van der Waals surface area (Å²) in [6.45, 7) is 2.07. The summed E-state index contributed by atoms with van der Waals surface area (Å²) in [6.07, 6.45) is 7.36. The predicted octanol–water partition coefficient (Wildman–Crippen LogP) is 1.17. The fourth-order valence-electron chi connectivity index (χ4n) is 3.66. The van der Waals surface area contributed by atoms with Crippen molar-refractivity contribution < 1.29 is 5.11 Å². The number of rotatable bonds is 7. The Morgan fingerprint density at radius 1 is 1.17 bits per heavy atom. The second kappa shape index (κ2) is 8.54. The van der Waals surface area contributed by atoms with E-state index in [4.69, 9.17) is 0 Å². The van der Waals surface area contributed by atoms with Gasteiger partial charge in [0.2, 0.25) is 0 Å². The minimum Gasteiger partial charge on any atom is -0.391 e. The first-order valence-corrected chi connectivity index (χ1v) is 9.69. The Labute approximate surface area is 170 Å². The summed E-state index contributed by atoms with van der Waals surface area (Å²) in [5.74, 6) is 2.35. The highest BCUT2D eigenvalue weighted by atomic mass is 16.3. The van der Waals surface area contributed by atoms with Gasteiger partial charge >= 0.3 is 0 Å². The SMILES string of the molecule is CN(C)C[C@H]1C[C@@H](O)CN1c1cc(NCc2ccnc(-n3cccn3)c2)ncn1. The van der Waals surface area contributed by atoms with Gasteiger partial charge in [0.1, 0.15) is 18.0 Å². The molecule has 1 fully saturated rings. The molecule has 2 N–H and O–H groups in total. The summed E-state index contributed by atoms with van der Waals surface area (Å²) in [4.78, 5) is 17.4. The molecular weight excluding hydrogens is 368 g/mol. The van der Waals surface area contributed by atoms with Crippen molar-refractivity contribution in [1.82, 2.24) is 29.6 Å². The fraction of sp³-hybridized carbons (Fsp3) is 0.400. The normalized spacial score (nSPS) is 19.1. The molecule has 2 atom stereocenters. The number of likely N-dealkylation sites (N-methyl/N-ethyl adjacent to an activating group) is 1. The molecule has 0 amide bonds. The number of β-amino-alcohol motifs (C(OH)–C–C–N with tert-alkyl or cyclic N) is 1. The standard InChI is InChI=1S/C20H26N8O/c1-26(2)12-16-9-17(29)13-27(16)19-10-18(23-14-24-19)22-11-15-4-6-21-20(8-15)28-7-3-5-25-28/h3-8,10,14,16-17,29H,9,11-13H2,1-2H3,(H,22,23,24)/t16-,17-/m1/s1. The molecule has 1 aliphatic rings. The van der Waals surface area contributed by atoms with Crippen LogP contribution in [0.2, 0.25) is 0 Å². The van der Waals surface area contributed by atoms with Gasteiger partial charge in [-0.05, 0) is 44.3 Å². The van der Waals surface area contributed by atoms with Crippen LogP contribution in [-0.2, 0) is 6.54 Å². The third-order valence-corrected chi connectivity index (χ3v) is 4.94. The Bertz CT molecular complexity index is 930. The molecule has 4 heterocycles. The van der Waals surface area contributed by atoms with Crippen molar-refractivity contribution in [1.29, 1.82) is 0 Å². The average molecular weight is 394 g/mol. The molecule has 3 aromatic rings. The van der Waals surface area contributed by atoms with Crippen molar-refractivity contribution in [2.45, 2.75) is 25.1 Å². The lowest BCUT2D eigenvalue weighted by atomic mass is 10.2. The number of pyridine rings is 1. The number of aliphatic hydroxyl groups is 1. The zero-order chi connectivity index (χ0) is 20.2. The molecule has 1 saturated heterocycles. The van der Waals surface area contributed by atoms with Gasteiger partial charge in [-0.1, -0.05) is 0 Å². The summed E-state index contributed by atoms with van der Waals surface area (Å²) in [7, 11) is 4.09. The Kier molecular flexibility index (Phi) is 5.68. The van der Waals surface area contributed by atoms with Gasteiger partial charge in [0.05, 0.1) is 6.10 Å². The zero-order valence-electron chi connectivity index (χ0n) is 16.7. The van der Waals surface area contributed by atoms with Crippen molar-refractivity contribution in [3.63, 3.8) is 0 Å². The first-order chi connectivity index (χ1) is 14.1. The molecule has 0 saturated carbocycles. The summed E-state index contributed by atoms with van der Waals surface area (Å²) in [5, 5.41) is 17.7. The van der Waals surface area contributed by atoms with E-state index >= 15 is 0 Å². The van der Waals surface area contributed by atoms with Crippen LogP contribution in [0.5, 0.6) is 0 Å². The highest BCUT2D eigenvalue weighted by Crippen LogP contribution is 2.25. The highest BCUT2D eigenvalue weighted by molar-refractivity contribution is 5.50. The van der Waals surface area contributed by atoms with E-state index in [1.54, 1.807) is 23.4 Å². The molecule has 0 aliphatic carbocycles. The van der Waals surface area contributed by atoms with Crippen molar-refractivity contribution in [2.75, 3.05) is 37.4 Å². The maximum Gasteiger partial charge on any atom is 0.153 e. The van der Waals surface area contributed by atoms with E-state index in [1.807, 2.05) is 44.6 Å². The van der Waals surface area contributed by atoms with Crippen LogP contribution >= 0.6 is 0 Å². The summed E-state index contributed by atoms with van der Waals surface area (Å²) < 4.78 is 1.73. The van der Waals surface area contributed by atoms with E-state index < -0.39 is 0 Å². The van der Waals surface area contributed by atoms with Gasteiger partial charge in [-0.25, -0.2) is 19.6 Å². The smallest absolute Gasteiger partial charge is 0.153 e. The highest BCUT2D eigenvalue weighted by Gasteiger charge is 2.32. The van der Waals surface area contributed by atoms with Crippen LogP contribution in [-0.4, -0.2) is 74.1 Å². The lowest BCUT2D eigenvalue weighted by Crippen LogP contribution is -2.38. The second-order valence-electron chi connectivity index (χ2n) is 7.55. The van der Waals surface area contributed by atoms with Gasteiger partial charge in [0.15, 0.2) is 5.82 Å². The Hall–Kier alpha value is -3.04. The lowest BCUT2D eigenvalue weighted by Gasteiger charge is -2.27. The molecule has 152 valence electrons. The van der Waals surface area contributed by atoms with Crippen LogP contribution in [0.3, 0.4) is 0 Å². The summed E-state index contributed by atoms with van der Waals surface area (Å²) >= 11 is 0. The van der Waals surface area contributed by atoms with E-state index in [0.29, 0.717) is 13.1 Å². The van der Waals surface area contributed by atoms with Gasteiger partial charge in [-0.2, -0.15) is 5.10 Å². The first-order valence-electron chi connectivity index (χ1n) is 9.69. The van der Waals surface area contributed by atoms with E-state index in [1.165, 1.54) is 0 Å². The van der Waals surface area contributed by atoms with E-state index in [-0.39, 0.29) is 12.1 Å². The molecule has 4 rings (SSSR count). The van der Waals surface area contributed by atoms with Crippen molar-refractivity contribution in [3.8, 4) is 5.82 Å². The van der Waals surface area contributed by atoms with Gasteiger partial charge in [-0.15, -0.1) is 0 Å². The Morgan fingerprint density at radius 3 is 2.86 bits per heavy atom. The fourth-order valence-corrected chi connectivity index (χ4v) is 3.66. The number of aliphatic hydroxyl groups excluding tert-OH is 1. The van der Waals surface area contributed by atoms with Gasteiger partial charge < -0.3 is 20.2 Å². The van der Waals surface area contributed by atoms with E-state index in [9.17, 15) is 5.11 Å². The van der Waals surface area contributed by atoms with Gasteiger partial charge in [0.25, 0.3) is 0 Å². The molecule has 0 radical (unpaired) electrons. The first kappa shape index (κ1) is 19.3. The monoisotopic (exact) mass is 394 g/mol. The lowest BCUT2D eigenvalue weighted by molar-refractivity contribution is 0.191. The number of nitrogens with one attached hydrogen (secondary N) is 1. The number of hydrogen-bond acceptors (Lipinski definition) is 8. The van der Waals surface area contributed by atoms with Crippen LogP contribution in [0.4, 0.5) is 11.6 Å². The van der Waals surface area contributed by atoms with Crippen molar-refractivity contribution in [3.05, 3.63) is 54.7 Å². The van der Waals surface area contributed by atoms with Gasteiger partial charge in [-0.3, -0.25) is 0 Å². The molecule has 3 aromatic heterocycles. The van der Waals surface area contributed by atoms with Crippen LogP contribution in [0.25, 0.3) is 5.82 Å². The number of aromatic nitrogens is 5. The molecule has 9 nitrogen and oxygen atoms in total. The quantitative estimate of drug-likeness (QED) is 0.617. The van der Waals surface area contributed by atoms with Crippen LogP contribution in [0.15, 0.2) is 49.2 Å². The molecular formula is C20H26N8O. The van der Waals surface area contributed by atoms with Crippen molar-refractivity contribution >= 4 is 11.6 Å². The molecule has 1 aliphatic heterocycles. The van der Waals surface area contributed by atoms with Gasteiger partial charge in [0, 0.05) is 50.3 Å². The van der Waals surface area contributed by atoms with Crippen LogP contribution in [0.1, 0.15) is 12.0 Å². The maximum atomic E-state index is 10.1. The number of hydrogen-bond donors (Lipinski definition) is 2. The predicted molar refractivity (Wildman–Crippen MR) is 111 cm³/mol. The minimum atomic E-state index is -0.330. The summed E-state index contributed by atoms with van der Waals surface area (Å²) in [5.41, 5.74) is 1.08. The van der Waals surface area contributed by atoms with Crippen LogP contribution < -0.4 is 10.2 Å². The third kappa shape index (κ3) is 4.69. The average Bonchev–Trinajstić information content (AvgIpc) is 3.36. The number of anilines is 2. The Morgan fingerprint density at radius 2 is 2.07 bits per heavy atom. The zero-order valence-corrected chi connectivity index (χ0v) is 16.7. The maximum absolute atomic E-state index is 10.1. The number of nitrogens with zero attached hydrogens (tertiary/aromatic N) is 7. The molecule has 0 unspecified atom stereocenters. The molecule has 29 heavy (non-hydrogen) atoms. The van der Waals surface area contributed by atoms with E-state index in [2.05, 4.69) is 35.2 Å². The van der Waals surface area contributed by atoms with Crippen LogP contribution in [0, 0.1) is 0 Å². The largest absolute Gasteiger partial charge is 0.391 e. The molecule has 0 spiro atoms. The second-order valence-corrected chi connectivity index (χ2v) is 7.55. The van der Waals surface area contributed by atoms with E-state index in [0.717, 1.165) is 36.0 Å². The molecule has 9 heteroatoms.